The third-order valence-electron chi connectivity index (χ3n) is 4.63. The van der Waals surface area contributed by atoms with E-state index in [2.05, 4.69) is 29.9 Å². The number of aromatic nitrogens is 6. The van der Waals surface area contributed by atoms with Crippen LogP contribution in [0.25, 0.3) is 57.3 Å². The van der Waals surface area contributed by atoms with Crippen molar-refractivity contribution in [1.29, 1.82) is 10.5 Å². The van der Waals surface area contributed by atoms with E-state index in [1.54, 1.807) is 36.4 Å². The molecule has 33 heavy (non-hydrogen) atoms. The molecule has 4 heterocycles. The second kappa shape index (κ2) is 7.08. The van der Waals surface area contributed by atoms with Gasteiger partial charge >= 0.3 is 0 Å². The molecular formula is C22H8N8O3. The lowest BCUT2D eigenvalue weighted by Crippen LogP contribution is -2.00. The third kappa shape index (κ3) is 3.05. The van der Waals surface area contributed by atoms with Crippen LogP contribution in [0.2, 0.25) is 0 Å². The molecule has 0 bridgehead atoms. The van der Waals surface area contributed by atoms with Crippen molar-refractivity contribution in [2.45, 2.75) is 0 Å². The molecule has 154 valence electrons. The number of para-hydroxylation sites is 4. The number of fused-ring (bicyclic) bond motifs is 2. The largest absolute Gasteiger partial charge is 0.434 e. The Morgan fingerprint density at radius 1 is 0.545 bits per heavy atom. The van der Waals surface area contributed by atoms with Gasteiger partial charge in [0.1, 0.15) is 23.2 Å². The van der Waals surface area contributed by atoms with E-state index < -0.39 is 0 Å². The van der Waals surface area contributed by atoms with Gasteiger partial charge in [0.05, 0.1) is 0 Å². The predicted octanol–water partition coefficient (Wildman–Crippen LogP) is 3.89. The Kier molecular flexibility index (Phi) is 3.94. The van der Waals surface area contributed by atoms with Crippen LogP contribution >= 0.6 is 0 Å². The van der Waals surface area contributed by atoms with Crippen LogP contribution in [0.5, 0.6) is 0 Å². The number of rotatable bonds is 3. The van der Waals surface area contributed by atoms with Crippen LogP contribution in [0.4, 0.5) is 0 Å². The summed E-state index contributed by atoms with van der Waals surface area (Å²) >= 11 is 0. The number of benzene rings is 2. The van der Waals surface area contributed by atoms with Gasteiger partial charge in [0, 0.05) is 0 Å². The number of oxazole rings is 3. The standard InChI is InChI=1S/C22H8N8O3/c23-9-13-16(10-24)33-22(27-13)19-29-17(20-25-11-5-1-3-7-14(11)31-20)28-18(30-19)21-26-12-6-2-4-8-15(12)32-21/h1-8H. The van der Waals surface area contributed by atoms with Gasteiger partial charge < -0.3 is 13.3 Å². The summed E-state index contributed by atoms with van der Waals surface area (Å²) in [6.45, 7) is 0. The van der Waals surface area contributed by atoms with E-state index in [0.29, 0.717) is 22.2 Å². The van der Waals surface area contributed by atoms with Gasteiger partial charge in [0.25, 0.3) is 17.7 Å². The van der Waals surface area contributed by atoms with E-state index in [9.17, 15) is 10.5 Å². The highest BCUT2D eigenvalue weighted by Gasteiger charge is 2.23. The van der Waals surface area contributed by atoms with Crippen LogP contribution in [-0.2, 0) is 0 Å². The fraction of sp³-hybridized carbons (Fsp3) is 0. The minimum atomic E-state index is -0.250. The number of nitrogens with zero attached hydrogens (tertiary/aromatic N) is 8. The van der Waals surface area contributed by atoms with Gasteiger partial charge in [-0.25, -0.2) is 9.97 Å². The van der Waals surface area contributed by atoms with Gasteiger partial charge in [-0.1, -0.05) is 24.3 Å². The summed E-state index contributed by atoms with van der Waals surface area (Å²) in [7, 11) is 0. The molecule has 0 aliphatic heterocycles. The van der Waals surface area contributed by atoms with Gasteiger partial charge in [-0.3, -0.25) is 0 Å². The molecule has 0 unspecified atom stereocenters. The van der Waals surface area contributed by atoms with Crippen LogP contribution in [0.15, 0.2) is 61.8 Å². The molecule has 0 spiro atoms. The molecule has 0 radical (unpaired) electrons. The minimum absolute atomic E-state index is 0.0440. The molecule has 0 saturated heterocycles. The Hall–Kier alpha value is -5.42. The normalized spacial score (nSPS) is 11.0. The van der Waals surface area contributed by atoms with E-state index in [0.717, 1.165) is 0 Å². The van der Waals surface area contributed by atoms with Crippen LogP contribution in [-0.4, -0.2) is 29.9 Å². The average Bonchev–Trinajstić information content (AvgIpc) is 3.59. The van der Waals surface area contributed by atoms with E-state index in [1.807, 2.05) is 24.3 Å². The zero-order valence-electron chi connectivity index (χ0n) is 16.4. The monoisotopic (exact) mass is 432 g/mol. The Balaban J connectivity index is 1.58. The van der Waals surface area contributed by atoms with Crippen molar-refractivity contribution in [2.24, 2.45) is 0 Å². The van der Waals surface area contributed by atoms with Crippen LogP contribution < -0.4 is 0 Å². The summed E-state index contributed by atoms with van der Waals surface area (Å²) in [4.78, 5) is 26.0. The molecular weight excluding hydrogens is 424 g/mol. The highest BCUT2D eigenvalue weighted by Crippen LogP contribution is 2.28. The van der Waals surface area contributed by atoms with Crippen molar-refractivity contribution < 1.29 is 13.3 Å². The maximum Gasteiger partial charge on any atom is 0.267 e. The van der Waals surface area contributed by atoms with E-state index in [1.165, 1.54) is 0 Å². The predicted molar refractivity (Wildman–Crippen MR) is 111 cm³/mol. The summed E-state index contributed by atoms with van der Waals surface area (Å²) in [5, 5.41) is 18.4. The number of hydrogen-bond donors (Lipinski definition) is 0. The zero-order chi connectivity index (χ0) is 22.4. The molecule has 2 aromatic carbocycles. The Morgan fingerprint density at radius 2 is 1.03 bits per heavy atom. The van der Waals surface area contributed by atoms with Crippen LogP contribution in [0.1, 0.15) is 11.5 Å². The first-order chi connectivity index (χ1) is 16.2. The Labute approximate surface area is 183 Å². The van der Waals surface area contributed by atoms with Crippen LogP contribution in [0.3, 0.4) is 0 Å². The molecule has 0 amide bonds. The Morgan fingerprint density at radius 3 is 1.45 bits per heavy atom. The van der Waals surface area contributed by atoms with Gasteiger partial charge in [0.15, 0.2) is 16.9 Å². The maximum atomic E-state index is 9.21. The summed E-state index contributed by atoms with van der Waals surface area (Å²) in [6.07, 6.45) is 0. The fourth-order valence-electron chi connectivity index (χ4n) is 3.17. The number of hydrogen-bond acceptors (Lipinski definition) is 11. The Bertz CT molecular complexity index is 1580. The molecule has 11 heteroatoms. The highest BCUT2D eigenvalue weighted by molar-refractivity contribution is 5.76. The van der Waals surface area contributed by atoms with E-state index in [4.69, 9.17) is 13.3 Å². The van der Waals surface area contributed by atoms with Gasteiger partial charge in [-0.15, -0.1) is 0 Å². The van der Waals surface area contributed by atoms with Crippen molar-refractivity contribution in [3.8, 4) is 47.3 Å². The van der Waals surface area contributed by atoms with Gasteiger partial charge in [0.2, 0.25) is 23.2 Å². The molecule has 11 nitrogen and oxygen atoms in total. The first-order valence-electron chi connectivity index (χ1n) is 9.51. The van der Waals surface area contributed by atoms with Crippen molar-refractivity contribution >= 4 is 22.2 Å². The van der Waals surface area contributed by atoms with Crippen molar-refractivity contribution in [1.82, 2.24) is 29.9 Å². The molecule has 6 aromatic rings. The zero-order valence-corrected chi connectivity index (χ0v) is 16.4. The van der Waals surface area contributed by atoms with E-state index >= 15 is 0 Å². The SMILES string of the molecule is N#Cc1nc(-c2nc(-c3nc4ccccc4o3)nc(-c3nc4ccccc4o3)n2)oc1C#N. The first-order valence-corrected chi connectivity index (χ1v) is 9.51. The minimum Gasteiger partial charge on any atom is -0.434 e. The van der Waals surface area contributed by atoms with Gasteiger partial charge in [-0.2, -0.15) is 30.5 Å². The summed E-state index contributed by atoms with van der Waals surface area (Å²) in [5.74, 6) is -0.0284. The van der Waals surface area contributed by atoms with Crippen molar-refractivity contribution in [3.05, 3.63) is 60.0 Å². The summed E-state index contributed by atoms with van der Waals surface area (Å²) < 4.78 is 17.0. The molecule has 0 aliphatic rings. The van der Waals surface area contributed by atoms with Crippen molar-refractivity contribution in [3.63, 3.8) is 0 Å². The summed E-state index contributed by atoms with van der Waals surface area (Å²) in [5.41, 5.74) is 2.15. The smallest absolute Gasteiger partial charge is 0.267 e. The second-order valence-electron chi connectivity index (χ2n) is 6.70. The fourth-order valence-corrected chi connectivity index (χ4v) is 3.17. The topological polar surface area (TPSA) is 164 Å². The first kappa shape index (κ1) is 18.4. The molecule has 0 fully saturated rings. The molecule has 0 atom stereocenters. The number of nitriles is 2. The molecule has 0 aliphatic carbocycles. The molecule has 0 N–H and O–H groups in total. The quantitative estimate of drug-likeness (QED) is 0.398. The van der Waals surface area contributed by atoms with Crippen molar-refractivity contribution in [2.75, 3.05) is 0 Å². The average molecular weight is 432 g/mol. The lowest BCUT2D eigenvalue weighted by atomic mass is 10.3. The maximum absolute atomic E-state index is 9.21. The third-order valence-corrected chi connectivity index (χ3v) is 4.63. The summed E-state index contributed by atoms with van der Waals surface area (Å²) in [6, 6.07) is 18.0. The molecule has 6 rings (SSSR count). The lowest BCUT2D eigenvalue weighted by molar-refractivity contribution is 0.553. The highest BCUT2D eigenvalue weighted by atomic mass is 16.4. The van der Waals surface area contributed by atoms with E-state index in [-0.39, 0.29) is 46.6 Å². The lowest BCUT2D eigenvalue weighted by Gasteiger charge is -2.00. The van der Waals surface area contributed by atoms with Crippen LogP contribution in [0, 0.1) is 22.7 Å². The molecule has 4 aromatic heterocycles. The second-order valence-corrected chi connectivity index (χ2v) is 6.70. The molecule has 0 saturated carbocycles. The van der Waals surface area contributed by atoms with Gasteiger partial charge in [-0.05, 0) is 24.3 Å².